The van der Waals surface area contributed by atoms with Crippen molar-refractivity contribution >= 4 is 35.7 Å². The van der Waals surface area contributed by atoms with Crippen LogP contribution in [0.3, 0.4) is 0 Å². The molecule has 208 valence electrons. The van der Waals surface area contributed by atoms with E-state index in [0.29, 0.717) is 25.8 Å². The van der Waals surface area contributed by atoms with Crippen molar-refractivity contribution in [2.45, 2.75) is 103 Å². The van der Waals surface area contributed by atoms with Crippen LogP contribution >= 0.6 is 0 Å². The van der Waals surface area contributed by atoms with Crippen LogP contribution in [0.5, 0.6) is 0 Å². The molecule has 0 spiro atoms. The van der Waals surface area contributed by atoms with E-state index in [1.165, 1.54) is 32.0 Å². The first-order valence-electron chi connectivity index (χ1n) is 13.7. The molecular weight excluding hydrogens is 476 g/mol. The molecule has 0 aliphatic carbocycles. The number of fused-ring (bicyclic) bond motifs is 1. The highest BCUT2D eigenvalue weighted by molar-refractivity contribution is 6.69. The van der Waals surface area contributed by atoms with E-state index in [1.54, 1.807) is 0 Å². The maximum atomic E-state index is 12.6. The molecule has 0 saturated carbocycles. The second-order valence-corrected chi connectivity index (χ2v) is 9.72. The van der Waals surface area contributed by atoms with Crippen LogP contribution in [0.4, 0.5) is 0 Å². The van der Waals surface area contributed by atoms with Crippen LogP contribution in [0.2, 0.25) is 0 Å². The van der Waals surface area contributed by atoms with Crippen molar-refractivity contribution in [1.29, 1.82) is 0 Å². The fourth-order valence-electron chi connectivity index (χ4n) is 3.92. The highest BCUT2D eigenvalue weighted by atomic mass is 16.5. The molecule has 2 rings (SSSR count). The quantitative estimate of drug-likeness (QED) is 0.174. The Labute approximate surface area is 220 Å². The number of hydrogen-bond acceptors (Lipinski definition) is 10. The Morgan fingerprint density at radius 3 is 2.54 bits per heavy atom. The van der Waals surface area contributed by atoms with Crippen LogP contribution in [0, 0.1) is 5.92 Å². The Hall–Kier alpha value is -2.66. The number of amidine groups is 1. The second-order valence-electron chi connectivity index (χ2n) is 9.72. The third-order valence-electron chi connectivity index (χ3n) is 6.60. The van der Waals surface area contributed by atoms with Crippen molar-refractivity contribution in [1.82, 2.24) is 10.6 Å². The van der Waals surface area contributed by atoms with E-state index in [0.717, 1.165) is 25.7 Å². The van der Waals surface area contributed by atoms with E-state index >= 15 is 0 Å². The van der Waals surface area contributed by atoms with Crippen LogP contribution in [-0.2, 0) is 23.9 Å². The smallest absolute Gasteiger partial charge is 0.323 e. The summed E-state index contributed by atoms with van der Waals surface area (Å²) in [5.74, 6) is -2.24. The van der Waals surface area contributed by atoms with Crippen LogP contribution in [0.15, 0.2) is 15.0 Å². The normalized spacial score (nSPS) is 19.9. The molecule has 0 aromatic carbocycles. The molecule has 0 fully saturated rings. The lowest BCUT2D eigenvalue weighted by Crippen LogP contribution is -2.65. The molecule has 2 aliphatic heterocycles. The minimum atomic E-state index is -1.33. The first-order chi connectivity index (χ1) is 17.8. The maximum absolute atomic E-state index is 12.6. The largest absolute Gasteiger partial charge is 0.465 e. The van der Waals surface area contributed by atoms with Gasteiger partial charge < -0.3 is 20.5 Å². The van der Waals surface area contributed by atoms with E-state index in [4.69, 9.17) is 15.2 Å². The molecule has 0 bridgehead atoms. The first kappa shape index (κ1) is 30.6. The summed E-state index contributed by atoms with van der Waals surface area (Å²) in [6.07, 6.45) is 11.4. The van der Waals surface area contributed by atoms with Gasteiger partial charge in [-0.1, -0.05) is 65.7 Å². The summed E-state index contributed by atoms with van der Waals surface area (Å²) in [6, 6.07) is -0.627. The predicted molar refractivity (Wildman–Crippen MR) is 143 cm³/mol. The second kappa shape index (κ2) is 16.2. The van der Waals surface area contributed by atoms with Gasteiger partial charge in [0.05, 0.1) is 6.61 Å². The van der Waals surface area contributed by atoms with E-state index in [-0.39, 0.29) is 36.6 Å². The molecule has 1 unspecified atom stereocenters. The highest BCUT2D eigenvalue weighted by Gasteiger charge is 2.41. The minimum absolute atomic E-state index is 0.0585. The third-order valence-corrected chi connectivity index (χ3v) is 6.60. The van der Waals surface area contributed by atoms with Crippen LogP contribution in [0.25, 0.3) is 0 Å². The average Bonchev–Trinajstić information content (AvgIpc) is 3.37. The zero-order chi connectivity index (χ0) is 27.1. The van der Waals surface area contributed by atoms with Crippen molar-refractivity contribution in [3.63, 3.8) is 0 Å². The van der Waals surface area contributed by atoms with Crippen molar-refractivity contribution < 1.29 is 23.9 Å². The standard InChI is InChI=1S/C26H44N6O5/c1-4-6-7-8-9-10-11-14-20(33)37-17-26(31-23-22(24(34)32-26)28-18-29-23)30-15-12-13-16-36-25(35)21(27)19(3)5-2/h18-19,21,30H,4-17,27H2,1-3H3,(H,32,34)/t19-,21-,26?/m0/s1. The monoisotopic (exact) mass is 520 g/mol. The minimum Gasteiger partial charge on any atom is -0.465 e. The lowest BCUT2D eigenvalue weighted by Gasteiger charge is -2.34. The molecule has 2 heterocycles. The molecule has 37 heavy (non-hydrogen) atoms. The summed E-state index contributed by atoms with van der Waals surface area (Å²) in [4.78, 5) is 49.4. The molecule has 0 aromatic rings. The fourth-order valence-corrected chi connectivity index (χ4v) is 3.92. The Morgan fingerprint density at radius 1 is 1.08 bits per heavy atom. The van der Waals surface area contributed by atoms with Gasteiger partial charge in [-0.05, 0) is 31.7 Å². The number of carbonyl (C=O) groups excluding carboxylic acids is 3. The van der Waals surface area contributed by atoms with Crippen molar-refractivity contribution in [3.05, 3.63) is 0 Å². The van der Waals surface area contributed by atoms with Crippen LogP contribution in [0.1, 0.15) is 91.4 Å². The Balaban J connectivity index is 1.80. The van der Waals surface area contributed by atoms with E-state index in [1.807, 2.05) is 13.8 Å². The van der Waals surface area contributed by atoms with Gasteiger partial charge in [-0.3, -0.25) is 19.7 Å². The number of nitrogens with one attached hydrogen (secondary N) is 2. The number of ether oxygens (including phenoxy) is 2. The van der Waals surface area contributed by atoms with Gasteiger partial charge in [0.15, 0.2) is 11.5 Å². The number of nitrogens with zero attached hydrogens (tertiary/aromatic N) is 3. The number of aliphatic imine (C=N–C) groups is 3. The number of esters is 2. The lowest BCUT2D eigenvalue weighted by atomic mass is 10.0. The van der Waals surface area contributed by atoms with Gasteiger partial charge in [0.25, 0.3) is 5.91 Å². The Kier molecular flexibility index (Phi) is 13.4. The molecule has 4 N–H and O–H groups in total. The molecular formula is C26H44N6O5. The fraction of sp³-hybridized carbons (Fsp3) is 0.769. The van der Waals surface area contributed by atoms with Crippen molar-refractivity contribution in [2.75, 3.05) is 19.8 Å². The number of hydrogen-bond donors (Lipinski definition) is 3. The summed E-state index contributed by atoms with van der Waals surface area (Å²) in [5.41, 5.74) is 6.03. The molecule has 3 atom stereocenters. The van der Waals surface area contributed by atoms with E-state index < -0.39 is 23.7 Å². The molecule has 2 aliphatic rings. The van der Waals surface area contributed by atoms with Gasteiger partial charge in [0.2, 0.25) is 5.79 Å². The summed E-state index contributed by atoms with van der Waals surface area (Å²) in [6.45, 7) is 6.59. The molecule has 0 saturated heterocycles. The molecule has 11 heteroatoms. The topological polar surface area (TPSA) is 157 Å². The number of unbranched alkanes of at least 4 members (excludes halogenated alkanes) is 7. The third kappa shape index (κ3) is 10.3. The van der Waals surface area contributed by atoms with Gasteiger partial charge in [0.1, 0.15) is 19.0 Å². The number of rotatable bonds is 19. The number of amides is 1. The zero-order valence-electron chi connectivity index (χ0n) is 22.6. The summed E-state index contributed by atoms with van der Waals surface area (Å²) in [5, 5.41) is 5.95. The van der Waals surface area contributed by atoms with Crippen LogP contribution in [-0.4, -0.2) is 67.3 Å². The van der Waals surface area contributed by atoms with Gasteiger partial charge in [-0.15, -0.1) is 0 Å². The maximum Gasteiger partial charge on any atom is 0.323 e. The molecule has 0 radical (unpaired) electrons. The Morgan fingerprint density at radius 2 is 1.81 bits per heavy atom. The summed E-state index contributed by atoms with van der Waals surface area (Å²) < 4.78 is 10.8. The predicted octanol–water partition coefficient (Wildman–Crippen LogP) is 2.62. The first-order valence-corrected chi connectivity index (χ1v) is 13.7. The Bertz CT molecular complexity index is 858. The van der Waals surface area contributed by atoms with Crippen molar-refractivity contribution in [2.24, 2.45) is 26.6 Å². The summed E-state index contributed by atoms with van der Waals surface area (Å²) in [7, 11) is 0. The van der Waals surface area contributed by atoms with E-state index in [2.05, 4.69) is 32.5 Å². The van der Waals surface area contributed by atoms with Gasteiger partial charge >= 0.3 is 11.9 Å². The molecule has 11 nitrogen and oxygen atoms in total. The molecule has 0 aromatic heterocycles. The van der Waals surface area contributed by atoms with E-state index in [9.17, 15) is 14.4 Å². The zero-order valence-corrected chi connectivity index (χ0v) is 22.6. The van der Waals surface area contributed by atoms with Crippen molar-refractivity contribution in [3.8, 4) is 0 Å². The number of nitrogens with two attached hydrogens (primary N) is 1. The highest BCUT2D eigenvalue weighted by Crippen LogP contribution is 2.15. The SMILES string of the molecule is CCCCCCCCCC(=O)OCC1(NCCCCOC(=O)[C@@H](N)[C@@H](C)CC)N=C2N=CN=C2C(=O)N1. The van der Waals surface area contributed by atoms with Gasteiger partial charge in [-0.2, -0.15) is 0 Å². The van der Waals surface area contributed by atoms with Crippen LogP contribution < -0.4 is 16.4 Å². The van der Waals surface area contributed by atoms with Gasteiger partial charge in [-0.25, -0.2) is 15.0 Å². The number of carbonyl (C=O) groups is 3. The molecule has 1 amide bonds. The summed E-state index contributed by atoms with van der Waals surface area (Å²) >= 11 is 0. The lowest BCUT2D eigenvalue weighted by molar-refractivity contribution is -0.147. The average molecular weight is 521 g/mol. The van der Waals surface area contributed by atoms with Gasteiger partial charge in [0, 0.05) is 6.42 Å².